The van der Waals surface area contributed by atoms with Gasteiger partial charge in [-0.2, -0.15) is 0 Å². The number of carbonyl (C=O) groups excluding carboxylic acids is 1. The van der Waals surface area contributed by atoms with Gasteiger partial charge >= 0.3 is 0 Å². The molecule has 0 unspecified atom stereocenters. The van der Waals surface area contributed by atoms with Crippen LogP contribution in [0.3, 0.4) is 0 Å². The first-order chi connectivity index (χ1) is 8.76. The van der Waals surface area contributed by atoms with Crippen LogP contribution in [0.5, 0.6) is 0 Å². The second kappa shape index (κ2) is 5.98. The minimum Gasteiger partial charge on any atom is -0.287 e. The number of hydrogen-bond acceptors (Lipinski definition) is 3. The number of carbonyl (C=O) groups is 1. The Balaban J connectivity index is 2.27. The molecule has 5 heteroatoms. The molecule has 1 heterocycles. The van der Waals surface area contributed by atoms with Crippen LogP contribution in [0.25, 0.3) is 11.3 Å². The van der Waals surface area contributed by atoms with Crippen molar-refractivity contribution in [2.45, 2.75) is 6.92 Å². The molecule has 0 atom stereocenters. The Labute approximate surface area is 115 Å². The SMILES string of the molecule is CCN(C(=O)CCl)c1nc(-c2ccccc2)cs1. The molecular weight excluding hydrogens is 268 g/mol. The van der Waals surface area contributed by atoms with Gasteiger partial charge in [0.05, 0.1) is 5.69 Å². The number of amides is 1. The van der Waals surface area contributed by atoms with Gasteiger partial charge in [-0.1, -0.05) is 30.3 Å². The molecule has 1 amide bonds. The first-order valence-corrected chi connectivity index (χ1v) is 7.05. The van der Waals surface area contributed by atoms with Gasteiger partial charge in [0, 0.05) is 17.5 Å². The minimum absolute atomic E-state index is 0.0198. The minimum atomic E-state index is -0.117. The first kappa shape index (κ1) is 13.1. The van der Waals surface area contributed by atoms with Crippen molar-refractivity contribution in [1.29, 1.82) is 0 Å². The molecule has 0 aliphatic heterocycles. The third-order valence-electron chi connectivity index (χ3n) is 2.52. The summed E-state index contributed by atoms with van der Waals surface area (Å²) in [6.07, 6.45) is 0. The number of benzene rings is 1. The average molecular weight is 281 g/mol. The lowest BCUT2D eigenvalue weighted by atomic mass is 10.2. The zero-order valence-electron chi connectivity index (χ0n) is 9.97. The Morgan fingerprint density at radius 2 is 2.11 bits per heavy atom. The predicted octanol–water partition coefficient (Wildman–Crippen LogP) is 3.40. The molecule has 0 N–H and O–H groups in total. The van der Waals surface area contributed by atoms with Gasteiger partial charge in [-0.05, 0) is 6.92 Å². The smallest absolute Gasteiger partial charge is 0.243 e. The van der Waals surface area contributed by atoms with Crippen molar-refractivity contribution in [3.8, 4) is 11.3 Å². The predicted molar refractivity (Wildman–Crippen MR) is 76.3 cm³/mol. The van der Waals surface area contributed by atoms with Crippen LogP contribution in [-0.4, -0.2) is 23.3 Å². The van der Waals surface area contributed by atoms with E-state index in [1.807, 2.05) is 42.6 Å². The van der Waals surface area contributed by atoms with E-state index in [4.69, 9.17) is 11.6 Å². The number of anilines is 1. The molecule has 2 rings (SSSR count). The summed E-state index contributed by atoms with van der Waals surface area (Å²) >= 11 is 7.04. The van der Waals surface area contributed by atoms with Crippen molar-refractivity contribution >= 4 is 34.0 Å². The standard InChI is InChI=1S/C13H13ClN2OS/c1-2-16(12(17)8-14)13-15-11(9-18-13)10-6-4-3-5-7-10/h3-7,9H,2,8H2,1H3. The normalized spacial score (nSPS) is 10.3. The maximum absolute atomic E-state index is 11.6. The summed E-state index contributed by atoms with van der Waals surface area (Å²) in [6.45, 7) is 2.49. The fourth-order valence-corrected chi connectivity index (χ4v) is 2.68. The molecule has 0 fully saturated rings. The Morgan fingerprint density at radius 3 is 2.72 bits per heavy atom. The van der Waals surface area contributed by atoms with Gasteiger partial charge in [-0.3, -0.25) is 9.69 Å². The van der Waals surface area contributed by atoms with E-state index in [0.717, 1.165) is 11.3 Å². The maximum atomic E-state index is 11.6. The largest absolute Gasteiger partial charge is 0.287 e. The van der Waals surface area contributed by atoms with Crippen LogP contribution in [0.1, 0.15) is 6.92 Å². The van der Waals surface area contributed by atoms with Crippen LogP contribution in [0.4, 0.5) is 5.13 Å². The van der Waals surface area contributed by atoms with Crippen molar-refractivity contribution < 1.29 is 4.79 Å². The van der Waals surface area contributed by atoms with Crippen molar-refractivity contribution in [2.24, 2.45) is 0 Å². The third-order valence-corrected chi connectivity index (χ3v) is 3.62. The molecule has 18 heavy (non-hydrogen) atoms. The number of thiazole rings is 1. The first-order valence-electron chi connectivity index (χ1n) is 5.63. The van der Waals surface area contributed by atoms with E-state index in [9.17, 15) is 4.79 Å². The molecule has 0 saturated heterocycles. The molecule has 0 aliphatic rings. The fraction of sp³-hybridized carbons (Fsp3) is 0.231. The van der Waals surface area contributed by atoms with Gasteiger partial charge in [0.15, 0.2) is 5.13 Å². The Bertz CT molecular complexity index is 527. The third kappa shape index (κ3) is 2.71. The summed E-state index contributed by atoms with van der Waals surface area (Å²) in [7, 11) is 0. The van der Waals surface area contributed by atoms with Crippen LogP contribution >= 0.6 is 22.9 Å². The zero-order valence-corrected chi connectivity index (χ0v) is 11.5. The number of aromatic nitrogens is 1. The summed E-state index contributed by atoms with van der Waals surface area (Å²) in [5.74, 6) is -0.137. The van der Waals surface area contributed by atoms with E-state index < -0.39 is 0 Å². The quantitative estimate of drug-likeness (QED) is 0.804. The van der Waals surface area contributed by atoms with Crippen molar-refractivity contribution in [2.75, 3.05) is 17.3 Å². The maximum Gasteiger partial charge on any atom is 0.243 e. The van der Waals surface area contributed by atoms with Gasteiger partial charge < -0.3 is 0 Å². The van der Waals surface area contributed by atoms with Crippen LogP contribution < -0.4 is 4.90 Å². The van der Waals surface area contributed by atoms with Crippen LogP contribution in [0.2, 0.25) is 0 Å². The highest BCUT2D eigenvalue weighted by atomic mass is 35.5. The molecule has 0 aliphatic carbocycles. The lowest BCUT2D eigenvalue weighted by molar-refractivity contribution is -0.116. The monoisotopic (exact) mass is 280 g/mol. The lowest BCUT2D eigenvalue weighted by Crippen LogP contribution is -2.31. The highest BCUT2D eigenvalue weighted by molar-refractivity contribution is 7.14. The molecule has 0 bridgehead atoms. The van der Waals surface area contributed by atoms with Crippen molar-refractivity contribution in [1.82, 2.24) is 4.98 Å². The number of hydrogen-bond donors (Lipinski definition) is 0. The van der Waals surface area contributed by atoms with Gasteiger partial charge in [-0.25, -0.2) is 4.98 Å². The summed E-state index contributed by atoms with van der Waals surface area (Å²) in [6, 6.07) is 9.90. The highest BCUT2D eigenvalue weighted by Gasteiger charge is 2.16. The molecule has 1 aromatic carbocycles. The van der Waals surface area contributed by atoms with E-state index in [2.05, 4.69) is 4.98 Å². The number of alkyl halides is 1. The topological polar surface area (TPSA) is 33.2 Å². The molecule has 2 aromatic rings. The average Bonchev–Trinajstić information content (AvgIpc) is 2.90. The molecule has 1 aromatic heterocycles. The molecular formula is C13H13ClN2OS. The molecule has 0 spiro atoms. The number of halogens is 1. The molecule has 3 nitrogen and oxygen atoms in total. The Morgan fingerprint density at radius 1 is 1.39 bits per heavy atom. The zero-order chi connectivity index (χ0) is 13.0. The van der Waals surface area contributed by atoms with Crippen LogP contribution in [0, 0.1) is 0 Å². The molecule has 0 saturated carbocycles. The molecule has 94 valence electrons. The van der Waals surface area contributed by atoms with E-state index in [1.165, 1.54) is 11.3 Å². The van der Waals surface area contributed by atoms with Gasteiger partial charge in [-0.15, -0.1) is 22.9 Å². The Kier molecular flexibility index (Phi) is 4.33. The van der Waals surface area contributed by atoms with E-state index in [-0.39, 0.29) is 11.8 Å². The summed E-state index contributed by atoms with van der Waals surface area (Å²) in [5.41, 5.74) is 1.94. The van der Waals surface area contributed by atoms with Gasteiger partial charge in [0.25, 0.3) is 0 Å². The number of rotatable bonds is 4. The summed E-state index contributed by atoms with van der Waals surface area (Å²) < 4.78 is 0. The summed E-state index contributed by atoms with van der Waals surface area (Å²) in [4.78, 5) is 17.7. The van der Waals surface area contributed by atoms with Gasteiger partial charge in [0.1, 0.15) is 5.88 Å². The van der Waals surface area contributed by atoms with Crippen molar-refractivity contribution in [3.05, 3.63) is 35.7 Å². The highest BCUT2D eigenvalue weighted by Crippen LogP contribution is 2.27. The van der Waals surface area contributed by atoms with Gasteiger partial charge in [0.2, 0.25) is 5.91 Å². The fourth-order valence-electron chi connectivity index (χ4n) is 1.62. The van der Waals surface area contributed by atoms with Crippen LogP contribution in [-0.2, 0) is 4.79 Å². The molecule has 0 radical (unpaired) electrons. The second-order valence-electron chi connectivity index (χ2n) is 3.65. The number of nitrogens with zero attached hydrogens (tertiary/aromatic N) is 2. The van der Waals surface area contributed by atoms with Crippen molar-refractivity contribution in [3.63, 3.8) is 0 Å². The van der Waals surface area contributed by atoms with E-state index >= 15 is 0 Å². The second-order valence-corrected chi connectivity index (χ2v) is 4.76. The van der Waals surface area contributed by atoms with E-state index in [1.54, 1.807) is 4.90 Å². The van der Waals surface area contributed by atoms with Crippen LogP contribution in [0.15, 0.2) is 35.7 Å². The lowest BCUT2D eigenvalue weighted by Gasteiger charge is -2.15. The summed E-state index contributed by atoms with van der Waals surface area (Å²) in [5, 5.41) is 2.65. The Hall–Kier alpha value is -1.39. The van der Waals surface area contributed by atoms with E-state index in [0.29, 0.717) is 11.7 Å².